The molecule has 9 nitrogen and oxygen atoms in total. The van der Waals surface area contributed by atoms with Crippen molar-refractivity contribution in [3.05, 3.63) is 53.5 Å². The lowest BCUT2D eigenvalue weighted by molar-refractivity contribution is -0.130. The molecule has 3 rings (SSSR count). The number of amides is 2. The zero-order valence-corrected chi connectivity index (χ0v) is 20.6. The first-order valence-corrected chi connectivity index (χ1v) is 11.5. The fourth-order valence-electron chi connectivity index (χ4n) is 3.78. The first-order valence-electron chi connectivity index (χ1n) is 11.5. The first kappa shape index (κ1) is 26.1. The van der Waals surface area contributed by atoms with Crippen molar-refractivity contribution in [2.75, 3.05) is 40.5 Å². The van der Waals surface area contributed by atoms with Crippen molar-refractivity contribution < 1.29 is 24.2 Å². The Bertz CT molecular complexity index is 1080. The van der Waals surface area contributed by atoms with Gasteiger partial charge in [-0.15, -0.1) is 0 Å². The summed E-state index contributed by atoms with van der Waals surface area (Å²) in [5.74, 6) is 5.51. The second kappa shape index (κ2) is 12.3. The summed E-state index contributed by atoms with van der Waals surface area (Å²) in [7, 11) is 3.29. The lowest BCUT2D eigenvalue weighted by Crippen LogP contribution is -2.50. The van der Waals surface area contributed by atoms with E-state index in [4.69, 9.17) is 9.47 Å². The Morgan fingerprint density at radius 3 is 2.83 bits per heavy atom. The summed E-state index contributed by atoms with van der Waals surface area (Å²) < 4.78 is 11.2. The highest BCUT2D eigenvalue weighted by molar-refractivity contribution is 5.97. The number of methoxy groups -OCH3 is 1. The Hall–Kier alpha value is -3.48. The third kappa shape index (κ3) is 6.78. The smallest absolute Gasteiger partial charge is 0.259 e. The van der Waals surface area contributed by atoms with Gasteiger partial charge in [0.2, 0.25) is 11.8 Å². The fourth-order valence-corrected chi connectivity index (χ4v) is 3.78. The summed E-state index contributed by atoms with van der Waals surface area (Å²) in [6, 6.07) is 4.88. The average Bonchev–Trinajstić information content (AvgIpc) is 2.86. The van der Waals surface area contributed by atoms with E-state index in [9.17, 15) is 14.7 Å². The number of aliphatic hydroxyl groups is 1. The molecule has 0 unspecified atom stereocenters. The summed E-state index contributed by atoms with van der Waals surface area (Å²) in [6.45, 7) is 4.51. The van der Waals surface area contributed by atoms with Crippen LogP contribution in [0.4, 0.5) is 0 Å². The van der Waals surface area contributed by atoms with Gasteiger partial charge in [-0.3, -0.25) is 14.6 Å². The van der Waals surface area contributed by atoms with Crippen LogP contribution in [0.3, 0.4) is 0 Å². The molecule has 2 aromatic rings. The second-order valence-electron chi connectivity index (χ2n) is 8.74. The van der Waals surface area contributed by atoms with E-state index >= 15 is 0 Å². The standard InChI is InChI=1S/C26H32N4O5/c1-18-15-30(19(2)17-31)26(33)22-12-21(6-5-11-34-4)14-28-25(22)35-23(18)16-29(3)24(32)13-20-7-9-27-10-8-20/h7-10,12,14,18-19,23,31H,11,13,15-17H2,1-4H3/t18-,19+,23-/m0/s1. The number of ether oxygens (including phenoxy) is 2. The maximum Gasteiger partial charge on any atom is 0.259 e. The van der Waals surface area contributed by atoms with E-state index in [1.165, 1.54) is 0 Å². The van der Waals surface area contributed by atoms with Gasteiger partial charge in [0.15, 0.2) is 0 Å². The number of carbonyl (C=O) groups excluding carboxylic acids is 2. The van der Waals surface area contributed by atoms with Gasteiger partial charge in [-0.1, -0.05) is 18.8 Å². The molecule has 3 atom stereocenters. The number of hydrogen-bond donors (Lipinski definition) is 1. The van der Waals surface area contributed by atoms with Crippen molar-refractivity contribution in [3.63, 3.8) is 0 Å². The zero-order valence-electron chi connectivity index (χ0n) is 20.6. The van der Waals surface area contributed by atoms with Crippen LogP contribution in [0.5, 0.6) is 5.88 Å². The highest BCUT2D eigenvalue weighted by Gasteiger charge is 2.34. The number of rotatable bonds is 7. The van der Waals surface area contributed by atoms with E-state index < -0.39 is 12.1 Å². The fraction of sp³-hybridized carbons (Fsp3) is 0.462. The van der Waals surface area contributed by atoms with Gasteiger partial charge in [-0.25, -0.2) is 4.98 Å². The van der Waals surface area contributed by atoms with Crippen LogP contribution in [-0.2, 0) is 16.0 Å². The van der Waals surface area contributed by atoms with Crippen LogP contribution in [0, 0.1) is 17.8 Å². The number of carbonyl (C=O) groups is 2. The van der Waals surface area contributed by atoms with Crippen LogP contribution in [0.25, 0.3) is 0 Å². The molecule has 0 aliphatic carbocycles. The Morgan fingerprint density at radius 2 is 2.14 bits per heavy atom. The monoisotopic (exact) mass is 480 g/mol. The molecule has 3 heterocycles. The molecule has 2 aromatic heterocycles. The Morgan fingerprint density at radius 1 is 1.40 bits per heavy atom. The predicted octanol–water partition coefficient (Wildman–Crippen LogP) is 1.40. The predicted molar refractivity (Wildman–Crippen MR) is 130 cm³/mol. The quantitative estimate of drug-likeness (QED) is 0.597. The van der Waals surface area contributed by atoms with Crippen molar-refractivity contribution >= 4 is 11.8 Å². The van der Waals surface area contributed by atoms with Gasteiger partial charge in [0.05, 0.1) is 25.6 Å². The number of aliphatic hydroxyl groups excluding tert-OH is 1. The number of aromatic nitrogens is 2. The SMILES string of the molecule is COCC#Cc1cnc2c(c1)C(=O)N([C@H](C)CO)C[C@H](C)[C@H](CN(C)C(=O)Cc1ccncc1)O2. The van der Waals surface area contributed by atoms with Gasteiger partial charge in [-0.05, 0) is 30.7 Å². The van der Waals surface area contributed by atoms with E-state index in [1.54, 1.807) is 55.5 Å². The molecular weight excluding hydrogens is 448 g/mol. The minimum absolute atomic E-state index is 0.0531. The molecular formula is C26H32N4O5. The lowest BCUT2D eigenvalue weighted by atomic mass is 9.99. The summed E-state index contributed by atoms with van der Waals surface area (Å²) >= 11 is 0. The number of hydrogen-bond acceptors (Lipinski definition) is 7. The molecule has 35 heavy (non-hydrogen) atoms. The minimum Gasteiger partial charge on any atom is -0.472 e. The summed E-state index contributed by atoms with van der Waals surface area (Å²) in [5, 5.41) is 9.79. The number of pyridine rings is 2. The van der Waals surface area contributed by atoms with Crippen LogP contribution in [0.1, 0.15) is 35.3 Å². The molecule has 9 heteroatoms. The molecule has 0 bridgehead atoms. The Labute approximate surface area is 206 Å². The maximum atomic E-state index is 13.4. The minimum atomic E-state index is -0.417. The normalized spacial score (nSPS) is 18.3. The molecule has 0 radical (unpaired) electrons. The Balaban J connectivity index is 1.87. The molecule has 0 spiro atoms. The van der Waals surface area contributed by atoms with Crippen molar-refractivity contribution in [1.82, 2.24) is 19.8 Å². The van der Waals surface area contributed by atoms with Crippen molar-refractivity contribution in [3.8, 4) is 17.7 Å². The largest absolute Gasteiger partial charge is 0.472 e. The number of likely N-dealkylation sites (N-methyl/N-ethyl adjacent to an activating group) is 1. The average molecular weight is 481 g/mol. The van der Waals surface area contributed by atoms with Crippen LogP contribution < -0.4 is 4.74 Å². The van der Waals surface area contributed by atoms with Crippen molar-refractivity contribution in [2.45, 2.75) is 32.4 Å². The van der Waals surface area contributed by atoms with Gasteiger partial charge in [0.1, 0.15) is 18.3 Å². The van der Waals surface area contributed by atoms with Gasteiger partial charge in [0.25, 0.3) is 5.91 Å². The summed E-state index contributed by atoms with van der Waals surface area (Å²) in [5.41, 5.74) is 1.72. The molecule has 1 N–H and O–H groups in total. The molecule has 1 aliphatic rings. The summed E-state index contributed by atoms with van der Waals surface area (Å²) in [6.07, 6.45) is 4.71. The van der Waals surface area contributed by atoms with E-state index in [0.717, 1.165) is 5.56 Å². The maximum absolute atomic E-state index is 13.4. The number of fused-ring (bicyclic) bond motifs is 1. The van der Waals surface area contributed by atoms with Crippen molar-refractivity contribution in [1.29, 1.82) is 0 Å². The van der Waals surface area contributed by atoms with Gasteiger partial charge in [-0.2, -0.15) is 0 Å². The highest BCUT2D eigenvalue weighted by atomic mass is 16.5. The third-order valence-corrected chi connectivity index (χ3v) is 5.95. The third-order valence-electron chi connectivity index (χ3n) is 5.95. The van der Waals surface area contributed by atoms with Crippen LogP contribution >= 0.6 is 0 Å². The molecule has 186 valence electrons. The van der Waals surface area contributed by atoms with Crippen molar-refractivity contribution in [2.24, 2.45) is 5.92 Å². The van der Waals surface area contributed by atoms with E-state index in [1.807, 2.05) is 19.1 Å². The summed E-state index contributed by atoms with van der Waals surface area (Å²) in [4.78, 5) is 37.9. The number of nitrogens with zero attached hydrogens (tertiary/aromatic N) is 4. The van der Waals surface area contributed by atoms with E-state index in [0.29, 0.717) is 18.7 Å². The van der Waals surface area contributed by atoms with Crippen LogP contribution in [0.2, 0.25) is 0 Å². The molecule has 0 saturated carbocycles. The molecule has 2 amide bonds. The van der Waals surface area contributed by atoms with E-state index in [-0.39, 0.29) is 48.8 Å². The van der Waals surface area contributed by atoms with E-state index in [2.05, 4.69) is 21.8 Å². The van der Waals surface area contributed by atoms with Gasteiger partial charge >= 0.3 is 0 Å². The lowest BCUT2D eigenvalue weighted by Gasteiger charge is -2.37. The Kier molecular flexibility index (Phi) is 9.18. The molecule has 0 saturated heterocycles. The van der Waals surface area contributed by atoms with Crippen LogP contribution in [0.15, 0.2) is 36.8 Å². The highest BCUT2D eigenvalue weighted by Crippen LogP contribution is 2.27. The topological polar surface area (TPSA) is 105 Å². The zero-order chi connectivity index (χ0) is 25.4. The molecule has 0 aromatic carbocycles. The van der Waals surface area contributed by atoms with Gasteiger partial charge in [0, 0.05) is 50.8 Å². The van der Waals surface area contributed by atoms with Gasteiger partial charge < -0.3 is 24.4 Å². The first-order chi connectivity index (χ1) is 16.8. The molecule has 1 aliphatic heterocycles. The molecule has 0 fully saturated rings. The van der Waals surface area contributed by atoms with Crippen LogP contribution in [-0.4, -0.2) is 89.3 Å². The second-order valence-corrected chi connectivity index (χ2v) is 8.74.